The highest BCUT2D eigenvalue weighted by molar-refractivity contribution is 5.94. The van der Waals surface area contributed by atoms with Gasteiger partial charge in [-0.15, -0.1) is 0 Å². The van der Waals surface area contributed by atoms with Crippen LogP contribution in [0.5, 0.6) is 0 Å². The highest BCUT2D eigenvalue weighted by Crippen LogP contribution is 2.27. The molecule has 2 saturated heterocycles. The van der Waals surface area contributed by atoms with E-state index < -0.39 is 0 Å². The number of allylic oxidation sites excluding steroid dienone is 1. The van der Waals surface area contributed by atoms with Crippen LogP contribution in [-0.4, -0.2) is 42.9 Å². The smallest absolute Gasteiger partial charge is 0.251 e. The van der Waals surface area contributed by atoms with Gasteiger partial charge in [-0.05, 0) is 32.1 Å². The van der Waals surface area contributed by atoms with Gasteiger partial charge in [-0.3, -0.25) is 4.79 Å². The third kappa shape index (κ3) is 2.01. The molecule has 0 aliphatic carbocycles. The third-order valence-electron chi connectivity index (χ3n) is 3.49. The molecule has 3 nitrogen and oxygen atoms in total. The van der Waals surface area contributed by atoms with E-state index in [0.29, 0.717) is 0 Å². The van der Waals surface area contributed by atoms with Crippen LogP contribution in [0.4, 0.5) is 0 Å². The maximum atomic E-state index is 12.0. The van der Waals surface area contributed by atoms with Crippen molar-refractivity contribution in [2.75, 3.05) is 27.2 Å². The summed E-state index contributed by atoms with van der Waals surface area (Å²) in [6.07, 6.45) is 5.68. The van der Waals surface area contributed by atoms with E-state index in [1.165, 1.54) is 18.5 Å². The number of likely N-dealkylation sites (tertiary alicyclic amines) is 2. The number of carbonyl (C=O) groups is 1. The van der Waals surface area contributed by atoms with E-state index in [1.54, 1.807) is 0 Å². The number of amides is 1. The third-order valence-corrected chi connectivity index (χ3v) is 3.49. The maximum absolute atomic E-state index is 12.0. The van der Waals surface area contributed by atoms with Crippen LogP contribution in [0.3, 0.4) is 0 Å². The Morgan fingerprint density at radius 2 is 1.67 bits per heavy atom. The van der Waals surface area contributed by atoms with E-state index in [4.69, 9.17) is 0 Å². The molecule has 0 aromatic heterocycles. The number of rotatable bonds is 0. The van der Waals surface area contributed by atoms with E-state index in [1.807, 2.05) is 11.9 Å². The Labute approximate surface area is 91.7 Å². The van der Waals surface area contributed by atoms with Gasteiger partial charge in [-0.1, -0.05) is 0 Å². The summed E-state index contributed by atoms with van der Waals surface area (Å²) in [7, 11) is 4.02. The lowest BCUT2D eigenvalue weighted by atomic mass is 9.96. The molecule has 3 heteroatoms. The van der Waals surface area contributed by atoms with Gasteiger partial charge < -0.3 is 9.80 Å². The standard InChI is InChI=1S/C12H20N2O/c1-13-8-4-3-7-11(13)10-6-5-9-14(2)12(10)15/h3-9H2,1-2H3/b11-10+. The minimum atomic E-state index is 0.255. The van der Waals surface area contributed by atoms with Gasteiger partial charge in [0.15, 0.2) is 0 Å². The predicted molar refractivity (Wildman–Crippen MR) is 60.4 cm³/mol. The molecule has 0 spiro atoms. The molecule has 84 valence electrons. The average molecular weight is 208 g/mol. The lowest BCUT2D eigenvalue weighted by molar-refractivity contribution is -0.127. The number of carbonyl (C=O) groups excluding carboxylic acids is 1. The van der Waals surface area contributed by atoms with Gasteiger partial charge in [0.05, 0.1) is 0 Å². The molecule has 0 saturated carbocycles. The molecule has 0 bridgehead atoms. The Kier molecular flexibility index (Phi) is 2.98. The van der Waals surface area contributed by atoms with Crippen LogP contribution in [0.15, 0.2) is 11.3 Å². The molecule has 1 amide bonds. The maximum Gasteiger partial charge on any atom is 0.251 e. The first kappa shape index (κ1) is 10.5. The zero-order chi connectivity index (χ0) is 10.8. The first-order valence-electron chi connectivity index (χ1n) is 5.89. The van der Waals surface area contributed by atoms with Crippen molar-refractivity contribution in [3.05, 3.63) is 11.3 Å². The Bertz CT molecular complexity index is 296. The molecular weight excluding hydrogens is 188 g/mol. The summed E-state index contributed by atoms with van der Waals surface area (Å²) >= 11 is 0. The van der Waals surface area contributed by atoms with Crippen LogP contribution in [0.2, 0.25) is 0 Å². The summed E-state index contributed by atoms with van der Waals surface area (Å²) < 4.78 is 0. The highest BCUT2D eigenvalue weighted by Gasteiger charge is 2.25. The van der Waals surface area contributed by atoms with Gasteiger partial charge in [0.25, 0.3) is 5.91 Å². The first-order chi connectivity index (χ1) is 7.20. The summed E-state index contributed by atoms with van der Waals surface area (Å²) in [4.78, 5) is 16.1. The fraction of sp³-hybridized carbons (Fsp3) is 0.750. The highest BCUT2D eigenvalue weighted by atomic mass is 16.2. The molecule has 2 fully saturated rings. The minimum absolute atomic E-state index is 0.255. The van der Waals surface area contributed by atoms with Crippen molar-refractivity contribution in [3.63, 3.8) is 0 Å². The SMILES string of the molecule is CN1CCC/C(=C2/CCCCN2C)C1=O. The van der Waals surface area contributed by atoms with Crippen LogP contribution in [0.25, 0.3) is 0 Å². The molecule has 0 aromatic carbocycles. The van der Waals surface area contributed by atoms with E-state index >= 15 is 0 Å². The fourth-order valence-electron chi connectivity index (χ4n) is 2.55. The second-order valence-corrected chi connectivity index (χ2v) is 4.63. The van der Waals surface area contributed by atoms with Crippen LogP contribution in [0.1, 0.15) is 32.1 Å². The zero-order valence-electron chi connectivity index (χ0n) is 9.75. The van der Waals surface area contributed by atoms with E-state index in [9.17, 15) is 4.79 Å². The number of piperidine rings is 2. The Morgan fingerprint density at radius 3 is 2.40 bits per heavy atom. The molecule has 0 N–H and O–H groups in total. The van der Waals surface area contributed by atoms with E-state index in [0.717, 1.165) is 37.9 Å². The summed E-state index contributed by atoms with van der Waals surface area (Å²) in [5, 5.41) is 0. The van der Waals surface area contributed by atoms with Crippen molar-refractivity contribution in [3.8, 4) is 0 Å². The molecular formula is C12H20N2O. The van der Waals surface area contributed by atoms with Crippen LogP contribution < -0.4 is 0 Å². The molecule has 0 aromatic rings. The quantitative estimate of drug-likeness (QED) is 0.565. The fourth-order valence-corrected chi connectivity index (χ4v) is 2.55. The van der Waals surface area contributed by atoms with Gasteiger partial charge in [-0.25, -0.2) is 0 Å². The lowest BCUT2D eigenvalue weighted by Crippen LogP contribution is -2.36. The monoisotopic (exact) mass is 208 g/mol. The molecule has 2 aliphatic heterocycles. The van der Waals surface area contributed by atoms with Crippen LogP contribution >= 0.6 is 0 Å². The molecule has 2 heterocycles. The molecule has 0 unspecified atom stereocenters. The topological polar surface area (TPSA) is 23.6 Å². The molecule has 0 radical (unpaired) electrons. The second kappa shape index (κ2) is 4.25. The van der Waals surface area contributed by atoms with Gasteiger partial charge in [0.2, 0.25) is 0 Å². The Balaban J connectivity index is 2.25. The normalized spacial score (nSPS) is 28.5. The lowest BCUT2D eigenvalue weighted by Gasteiger charge is -2.33. The van der Waals surface area contributed by atoms with Gasteiger partial charge in [0.1, 0.15) is 0 Å². The molecule has 2 aliphatic rings. The number of nitrogens with zero attached hydrogens (tertiary/aromatic N) is 2. The summed E-state index contributed by atoms with van der Waals surface area (Å²) in [6, 6.07) is 0. The second-order valence-electron chi connectivity index (χ2n) is 4.63. The number of likely N-dealkylation sites (N-methyl/N-ethyl adjacent to an activating group) is 1. The van der Waals surface area contributed by atoms with Gasteiger partial charge in [0, 0.05) is 38.5 Å². The average Bonchev–Trinajstić information content (AvgIpc) is 2.23. The van der Waals surface area contributed by atoms with Crippen molar-refractivity contribution in [2.24, 2.45) is 0 Å². The van der Waals surface area contributed by atoms with Crippen molar-refractivity contribution >= 4 is 5.91 Å². The first-order valence-corrected chi connectivity index (χ1v) is 5.89. The van der Waals surface area contributed by atoms with Gasteiger partial charge >= 0.3 is 0 Å². The van der Waals surface area contributed by atoms with Crippen molar-refractivity contribution in [1.29, 1.82) is 0 Å². The summed E-state index contributed by atoms with van der Waals surface area (Å²) in [5.74, 6) is 0.255. The van der Waals surface area contributed by atoms with Crippen molar-refractivity contribution < 1.29 is 4.79 Å². The number of hydrogen-bond donors (Lipinski definition) is 0. The predicted octanol–water partition coefficient (Wildman–Crippen LogP) is 1.61. The Morgan fingerprint density at radius 1 is 0.933 bits per heavy atom. The summed E-state index contributed by atoms with van der Waals surface area (Å²) in [5.41, 5.74) is 2.38. The van der Waals surface area contributed by atoms with Crippen molar-refractivity contribution in [2.45, 2.75) is 32.1 Å². The zero-order valence-corrected chi connectivity index (χ0v) is 9.75. The molecule has 15 heavy (non-hydrogen) atoms. The minimum Gasteiger partial charge on any atom is -0.378 e. The van der Waals surface area contributed by atoms with E-state index in [-0.39, 0.29) is 5.91 Å². The van der Waals surface area contributed by atoms with Crippen LogP contribution in [-0.2, 0) is 4.79 Å². The number of hydrogen-bond acceptors (Lipinski definition) is 2. The van der Waals surface area contributed by atoms with E-state index in [2.05, 4.69) is 11.9 Å². The van der Waals surface area contributed by atoms with Crippen LogP contribution in [0, 0.1) is 0 Å². The Hall–Kier alpha value is -0.990. The van der Waals surface area contributed by atoms with Crippen molar-refractivity contribution in [1.82, 2.24) is 9.80 Å². The largest absolute Gasteiger partial charge is 0.378 e. The summed E-state index contributed by atoms with van der Waals surface area (Å²) in [6.45, 7) is 2.02. The van der Waals surface area contributed by atoms with Gasteiger partial charge in [-0.2, -0.15) is 0 Å². The molecule has 0 atom stereocenters. The molecule has 2 rings (SSSR count).